The molecule has 0 bridgehead atoms. The summed E-state index contributed by atoms with van der Waals surface area (Å²) in [5, 5.41) is 9.65. The predicted molar refractivity (Wildman–Crippen MR) is 62.3 cm³/mol. The molecule has 0 saturated heterocycles. The Morgan fingerprint density at radius 1 is 1.47 bits per heavy atom. The highest BCUT2D eigenvalue weighted by molar-refractivity contribution is 5.95. The molecule has 1 N–H and O–H groups in total. The van der Waals surface area contributed by atoms with Gasteiger partial charge >= 0.3 is 5.97 Å². The van der Waals surface area contributed by atoms with Crippen molar-refractivity contribution in [2.24, 2.45) is 5.92 Å². The molecule has 4 heteroatoms. The Morgan fingerprint density at radius 2 is 2.24 bits per heavy atom. The Morgan fingerprint density at radius 3 is 2.82 bits per heavy atom. The van der Waals surface area contributed by atoms with E-state index in [0.717, 1.165) is 12.8 Å². The van der Waals surface area contributed by atoms with E-state index in [1.165, 1.54) is 19.6 Å². The van der Waals surface area contributed by atoms with Crippen LogP contribution in [0.3, 0.4) is 0 Å². The quantitative estimate of drug-likeness (QED) is 0.815. The van der Waals surface area contributed by atoms with Gasteiger partial charge in [-0.25, -0.2) is 4.79 Å². The second-order valence-corrected chi connectivity index (χ2v) is 4.25. The number of hydrogen-bond acceptors (Lipinski definition) is 4. The number of carbonyl (C=O) groups excluding carboxylic acids is 1. The fraction of sp³-hybridized carbons (Fsp3) is 0.462. The minimum Gasteiger partial charge on any atom is -0.507 e. The molecule has 1 aromatic carbocycles. The lowest BCUT2D eigenvalue weighted by Crippen LogP contribution is -2.20. The van der Waals surface area contributed by atoms with Crippen molar-refractivity contribution in [2.75, 3.05) is 13.7 Å². The standard InChI is InChI=1S/C13H16O4/c1-16-11-7-3-6-10(14)12(11)13(15)17-8-9-4-2-5-9/h3,6-7,9,14H,2,4-5,8H2,1H3. The van der Waals surface area contributed by atoms with Gasteiger partial charge in [0.2, 0.25) is 0 Å². The van der Waals surface area contributed by atoms with Crippen molar-refractivity contribution < 1.29 is 19.4 Å². The van der Waals surface area contributed by atoms with Gasteiger partial charge in [-0.3, -0.25) is 0 Å². The molecule has 92 valence electrons. The predicted octanol–water partition coefficient (Wildman–Crippen LogP) is 2.36. The van der Waals surface area contributed by atoms with Crippen LogP contribution in [0, 0.1) is 5.92 Å². The molecule has 0 spiro atoms. The van der Waals surface area contributed by atoms with Crippen molar-refractivity contribution >= 4 is 5.97 Å². The smallest absolute Gasteiger partial charge is 0.345 e. The average Bonchev–Trinajstić information content (AvgIpc) is 2.26. The van der Waals surface area contributed by atoms with Gasteiger partial charge in [-0.1, -0.05) is 12.5 Å². The fourth-order valence-electron chi connectivity index (χ4n) is 1.82. The van der Waals surface area contributed by atoms with Crippen molar-refractivity contribution in [3.8, 4) is 11.5 Å². The first-order chi connectivity index (χ1) is 8.22. The summed E-state index contributed by atoms with van der Waals surface area (Å²) in [6, 6.07) is 4.69. The molecule has 0 atom stereocenters. The fourth-order valence-corrected chi connectivity index (χ4v) is 1.82. The van der Waals surface area contributed by atoms with Crippen LogP contribution in [-0.4, -0.2) is 24.8 Å². The summed E-state index contributed by atoms with van der Waals surface area (Å²) < 4.78 is 10.2. The highest BCUT2D eigenvalue weighted by Crippen LogP contribution is 2.30. The maximum absolute atomic E-state index is 11.8. The molecule has 0 unspecified atom stereocenters. The summed E-state index contributed by atoms with van der Waals surface area (Å²) in [6.45, 7) is 0.427. The summed E-state index contributed by atoms with van der Waals surface area (Å²) >= 11 is 0. The van der Waals surface area contributed by atoms with Gasteiger partial charge in [0.15, 0.2) is 0 Å². The molecule has 1 aliphatic rings. The first kappa shape index (κ1) is 11.8. The number of methoxy groups -OCH3 is 1. The first-order valence-electron chi connectivity index (χ1n) is 5.75. The molecule has 1 aromatic rings. The number of benzene rings is 1. The minimum atomic E-state index is -0.521. The molecule has 4 nitrogen and oxygen atoms in total. The van der Waals surface area contributed by atoms with Crippen LogP contribution in [0.15, 0.2) is 18.2 Å². The summed E-state index contributed by atoms with van der Waals surface area (Å²) in [4.78, 5) is 11.8. The van der Waals surface area contributed by atoms with E-state index >= 15 is 0 Å². The Labute approximate surface area is 100 Å². The van der Waals surface area contributed by atoms with Gasteiger partial charge in [0.1, 0.15) is 17.1 Å². The van der Waals surface area contributed by atoms with Crippen LogP contribution in [0.1, 0.15) is 29.6 Å². The van der Waals surface area contributed by atoms with Gasteiger partial charge < -0.3 is 14.6 Å². The zero-order chi connectivity index (χ0) is 12.3. The monoisotopic (exact) mass is 236 g/mol. The Balaban J connectivity index is 2.06. The third kappa shape index (κ3) is 2.52. The van der Waals surface area contributed by atoms with Gasteiger partial charge in [-0.2, -0.15) is 0 Å². The lowest BCUT2D eigenvalue weighted by Gasteiger charge is -2.24. The van der Waals surface area contributed by atoms with Crippen LogP contribution in [0.25, 0.3) is 0 Å². The number of ether oxygens (including phenoxy) is 2. The highest BCUT2D eigenvalue weighted by Gasteiger charge is 2.22. The van der Waals surface area contributed by atoms with E-state index in [4.69, 9.17) is 9.47 Å². The number of phenolic OH excluding ortho intramolecular Hbond substituents is 1. The van der Waals surface area contributed by atoms with Crippen LogP contribution in [0.4, 0.5) is 0 Å². The number of carbonyl (C=O) groups is 1. The van der Waals surface area contributed by atoms with Crippen LogP contribution in [0.2, 0.25) is 0 Å². The van der Waals surface area contributed by atoms with Crippen LogP contribution in [-0.2, 0) is 4.74 Å². The number of rotatable bonds is 4. The molecule has 0 radical (unpaired) electrons. The van der Waals surface area contributed by atoms with Gasteiger partial charge in [0.25, 0.3) is 0 Å². The molecule has 2 rings (SSSR count). The Bertz CT molecular complexity index is 410. The molecule has 17 heavy (non-hydrogen) atoms. The lowest BCUT2D eigenvalue weighted by molar-refractivity contribution is 0.0365. The summed E-state index contributed by atoms with van der Waals surface area (Å²) in [5.41, 5.74) is 0.106. The molecule has 0 aliphatic heterocycles. The highest BCUT2D eigenvalue weighted by atomic mass is 16.5. The topological polar surface area (TPSA) is 55.8 Å². The van der Waals surface area contributed by atoms with Crippen LogP contribution >= 0.6 is 0 Å². The lowest BCUT2D eigenvalue weighted by atomic mass is 9.86. The van der Waals surface area contributed by atoms with Crippen molar-refractivity contribution in [3.63, 3.8) is 0 Å². The number of hydrogen-bond donors (Lipinski definition) is 1. The third-order valence-electron chi connectivity index (χ3n) is 3.10. The van der Waals surface area contributed by atoms with Gasteiger partial charge in [-0.05, 0) is 30.9 Å². The number of esters is 1. The maximum atomic E-state index is 11.8. The molecular formula is C13H16O4. The summed E-state index contributed by atoms with van der Waals surface area (Å²) in [6.07, 6.45) is 3.44. The van der Waals surface area contributed by atoms with E-state index in [1.54, 1.807) is 12.1 Å². The van der Waals surface area contributed by atoms with Crippen molar-refractivity contribution in [3.05, 3.63) is 23.8 Å². The first-order valence-corrected chi connectivity index (χ1v) is 5.75. The SMILES string of the molecule is COc1cccc(O)c1C(=O)OCC1CCC1. The zero-order valence-corrected chi connectivity index (χ0v) is 9.81. The van der Waals surface area contributed by atoms with E-state index in [-0.39, 0.29) is 11.3 Å². The molecule has 0 heterocycles. The van der Waals surface area contributed by atoms with Crippen LogP contribution < -0.4 is 4.74 Å². The zero-order valence-electron chi connectivity index (χ0n) is 9.81. The molecule has 1 fully saturated rings. The van der Waals surface area contributed by atoms with Gasteiger partial charge in [0.05, 0.1) is 13.7 Å². The van der Waals surface area contributed by atoms with E-state index in [1.807, 2.05) is 0 Å². The molecule has 0 amide bonds. The summed E-state index contributed by atoms with van der Waals surface area (Å²) in [7, 11) is 1.46. The van der Waals surface area contributed by atoms with Crippen molar-refractivity contribution in [1.29, 1.82) is 0 Å². The minimum absolute atomic E-state index is 0.106. The van der Waals surface area contributed by atoms with Gasteiger partial charge in [-0.15, -0.1) is 0 Å². The van der Waals surface area contributed by atoms with Crippen molar-refractivity contribution in [1.82, 2.24) is 0 Å². The average molecular weight is 236 g/mol. The Kier molecular flexibility index (Phi) is 3.52. The normalized spacial score (nSPS) is 15.1. The van der Waals surface area contributed by atoms with E-state index in [9.17, 15) is 9.90 Å². The second-order valence-electron chi connectivity index (χ2n) is 4.25. The maximum Gasteiger partial charge on any atom is 0.345 e. The van der Waals surface area contributed by atoms with Crippen LogP contribution in [0.5, 0.6) is 11.5 Å². The number of phenols is 1. The molecular weight excluding hydrogens is 220 g/mol. The second kappa shape index (κ2) is 5.08. The summed E-state index contributed by atoms with van der Waals surface area (Å²) in [5.74, 6) is 0.189. The van der Waals surface area contributed by atoms with E-state index < -0.39 is 5.97 Å². The van der Waals surface area contributed by atoms with E-state index in [0.29, 0.717) is 18.3 Å². The Hall–Kier alpha value is -1.71. The van der Waals surface area contributed by atoms with E-state index in [2.05, 4.69) is 0 Å². The molecule has 1 aliphatic carbocycles. The van der Waals surface area contributed by atoms with Crippen molar-refractivity contribution in [2.45, 2.75) is 19.3 Å². The van der Waals surface area contributed by atoms with Gasteiger partial charge in [0, 0.05) is 0 Å². The number of aromatic hydroxyl groups is 1. The molecule has 0 aromatic heterocycles. The third-order valence-corrected chi connectivity index (χ3v) is 3.10. The molecule has 1 saturated carbocycles. The largest absolute Gasteiger partial charge is 0.507 e.